The predicted molar refractivity (Wildman–Crippen MR) is 209 cm³/mol. The van der Waals surface area contributed by atoms with Crippen LogP contribution >= 0.6 is 11.3 Å². The quantitative estimate of drug-likeness (QED) is 0.0370. The number of benzene rings is 1. The van der Waals surface area contributed by atoms with Gasteiger partial charge in [-0.3, -0.25) is 19.2 Å². The number of carbonyl (C=O) groups is 4. The molecule has 0 saturated carbocycles. The highest BCUT2D eigenvalue weighted by Gasteiger charge is 2.46. The Morgan fingerprint density at radius 3 is 2.25 bits per heavy atom. The number of aryl methyl sites for hydroxylation is 1. The normalized spacial score (nSPS) is 16.8. The molecule has 2 heterocycles. The molecule has 53 heavy (non-hydrogen) atoms. The minimum Gasteiger partial charge on any atom is -0.460 e. The maximum atomic E-state index is 14.3. The lowest BCUT2D eigenvalue weighted by Gasteiger charge is -2.35. The van der Waals surface area contributed by atoms with Crippen LogP contribution < -0.4 is 16.4 Å². The molecule has 1 saturated heterocycles. The Balaban J connectivity index is 1.69. The zero-order chi connectivity index (χ0) is 38.8. The molecule has 13 nitrogen and oxygen atoms in total. The first-order valence-corrected chi connectivity index (χ1v) is 20.0. The van der Waals surface area contributed by atoms with Gasteiger partial charge in [-0.2, -0.15) is 0 Å². The lowest BCUT2D eigenvalue weighted by molar-refractivity contribution is -0.149. The molecule has 1 aromatic carbocycles. The smallest absolute Gasteiger partial charge is 0.306 e. The molecule has 1 aliphatic heterocycles. The average molecular weight is 753 g/mol. The highest BCUT2D eigenvalue weighted by molar-refractivity contribution is 7.13. The first kappa shape index (κ1) is 43.4. The summed E-state index contributed by atoms with van der Waals surface area (Å²) in [5, 5.41) is 9.56. The minimum absolute atomic E-state index is 0.0341. The van der Waals surface area contributed by atoms with Crippen LogP contribution in [0.1, 0.15) is 128 Å². The molecule has 292 valence electrons. The fraction of sp³-hybridized carbons (Fsp3) is 0.667. The molecule has 1 unspecified atom stereocenters. The van der Waals surface area contributed by atoms with Gasteiger partial charge in [-0.05, 0) is 68.1 Å². The van der Waals surface area contributed by atoms with E-state index in [9.17, 15) is 19.2 Å². The predicted octanol–water partition coefficient (Wildman–Crippen LogP) is 7.29. The number of nitrogens with one attached hydrogen (secondary N) is 2. The molecule has 1 aromatic heterocycles. The van der Waals surface area contributed by atoms with E-state index in [0.29, 0.717) is 25.8 Å². The number of hydrogen-bond donors (Lipinski definition) is 3. The molecule has 0 aliphatic carbocycles. The number of carbonyl (C=O) groups excluding carboxylic acids is 4. The Hall–Kier alpha value is -4.00. The van der Waals surface area contributed by atoms with Gasteiger partial charge in [-0.15, -0.1) is 11.3 Å². The van der Waals surface area contributed by atoms with Gasteiger partial charge >= 0.3 is 5.97 Å². The Bertz CT molecular complexity index is 1520. The fourth-order valence-electron chi connectivity index (χ4n) is 6.55. The molecular formula is C39H60N8O5S. The highest BCUT2D eigenvalue weighted by Crippen LogP contribution is 2.30. The summed E-state index contributed by atoms with van der Waals surface area (Å²) >= 11 is 1.57. The Morgan fingerprint density at radius 2 is 1.64 bits per heavy atom. The minimum atomic E-state index is -0.904. The van der Waals surface area contributed by atoms with Crippen molar-refractivity contribution < 1.29 is 23.9 Å². The number of nitrogens with two attached hydrogens (primary N) is 1. The van der Waals surface area contributed by atoms with E-state index in [4.69, 9.17) is 16.0 Å². The number of esters is 1. The Kier molecular flexibility index (Phi) is 18.2. The van der Waals surface area contributed by atoms with Crippen molar-refractivity contribution in [1.29, 1.82) is 0 Å². The summed E-state index contributed by atoms with van der Waals surface area (Å²) in [6.45, 7) is 10.6. The molecule has 3 amide bonds. The number of hydrogen-bond acceptors (Lipinski definition) is 9. The van der Waals surface area contributed by atoms with Crippen molar-refractivity contribution in [3.63, 3.8) is 0 Å². The number of amides is 3. The summed E-state index contributed by atoms with van der Waals surface area (Å²) in [7, 11) is 0. The SMILES string of the molecule is Cc1ncsc1-c1ccc([C@H](C)NC(=O)C2C[C@@H](OC(=O)CCCCN=[N+]=[N-])CN2C(=O)[C@@H](NC(=O)CCCCCCCCCCN)C(C)(C)C)cc1. The van der Waals surface area contributed by atoms with Gasteiger partial charge < -0.3 is 26.0 Å². The summed E-state index contributed by atoms with van der Waals surface area (Å²) in [5.74, 6) is -1.38. The van der Waals surface area contributed by atoms with Crippen molar-refractivity contribution in [2.45, 2.75) is 142 Å². The number of nitrogens with zero attached hydrogens (tertiary/aromatic N) is 5. The van der Waals surface area contributed by atoms with Gasteiger partial charge in [0.25, 0.3) is 0 Å². The van der Waals surface area contributed by atoms with E-state index in [2.05, 4.69) is 25.6 Å². The van der Waals surface area contributed by atoms with Gasteiger partial charge in [0.15, 0.2) is 0 Å². The van der Waals surface area contributed by atoms with E-state index in [1.54, 1.807) is 11.3 Å². The average Bonchev–Trinajstić information content (AvgIpc) is 3.75. The van der Waals surface area contributed by atoms with Crippen LogP contribution in [0.3, 0.4) is 0 Å². The van der Waals surface area contributed by atoms with E-state index in [1.165, 1.54) is 17.7 Å². The second kappa shape index (κ2) is 22.3. The molecule has 0 bridgehead atoms. The largest absolute Gasteiger partial charge is 0.460 e. The third kappa shape index (κ3) is 14.4. The van der Waals surface area contributed by atoms with Crippen molar-refractivity contribution in [2.24, 2.45) is 16.3 Å². The van der Waals surface area contributed by atoms with E-state index in [0.717, 1.165) is 66.8 Å². The van der Waals surface area contributed by atoms with Gasteiger partial charge in [-0.1, -0.05) is 88.7 Å². The van der Waals surface area contributed by atoms with Crippen molar-refractivity contribution >= 4 is 35.0 Å². The van der Waals surface area contributed by atoms with Crippen LogP contribution in [0.25, 0.3) is 20.9 Å². The van der Waals surface area contributed by atoms with E-state index >= 15 is 0 Å². The summed E-state index contributed by atoms with van der Waals surface area (Å²) < 4.78 is 5.77. The van der Waals surface area contributed by atoms with Crippen molar-refractivity contribution in [1.82, 2.24) is 20.5 Å². The maximum absolute atomic E-state index is 14.3. The number of azide groups is 1. The molecule has 0 spiro atoms. The summed E-state index contributed by atoms with van der Waals surface area (Å²) in [6, 6.07) is 5.80. The molecule has 1 aliphatic rings. The second-order valence-electron chi connectivity index (χ2n) is 15.1. The van der Waals surface area contributed by atoms with Gasteiger partial charge in [0.05, 0.1) is 28.7 Å². The van der Waals surface area contributed by atoms with Crippen LogP contribution in [0.5, 0.6) is 0 Å². The lowest BCUT2D eigenvalue weighted by atomic mass is 9.85. The number of likely N-dealkylation sites (tertiary alicyclic amines) is 1. The number of ether oxygens (including phenoxy) is 1. The third-order valence-corrected chi connectivity index (χ3v) is 10.6. The molecule has 2 aromatic rings. The first-order valence-electron chi connectivity index (χ1n) is 19.2. The standard InChI is InChI=1S/C39H60N8O5S/c1-27(29-18-20-30(21-19-29)35-28(2)42-26-53-35)44-37(50)32-24-31(52-34(49)17-13-15-23-43-46-41)25-47(32)38(51)36(39(3,4)5)45-33(48)16-12-10-8-6-7-9-11-14-22-40/h18-21,26-27,31-32,36H,6-17,22-25,40H2,1-5H3,(H,44,50)(H,45,48)/t27-,31+,32?,36+/m0/s1. The number of thiazole rings is 1. The number of rotatable bonds is 22. The van der Waals surface area contributed by atoms with Gasteiger partial charge in [0, 0.05) is 30.7 Å². The number of aromatic nitrogens is 1. The molecule has 1 fully saturated rings. The van der Waals surface area contributed by atoms with E-state index < -0.39 is 29.6 Å². The van der Waals surface area contributed by atoms with Gasteiger partial charge in [0.2, 0.25) is 17.7 Å². The van der Waals surface area contributed by atoms with Crippen LogP contribution in [0.15, 0.2) is 34.9 Å². The van der Waals surface area contributed by atoms with E-state index in [1.807, 2.05) is 64.4 Å². The maximum Gasteiger partial charge on any atom is 0.306 e. The van der Waals surface area contributed by atoms with Gasteiger partial charge in [-0.25, -0.2) is 4.98 Å². The first-order chi connectivity index (χ1) is 25.3. The van der Waals surface area contributed by atoms with Crippen molar-refractivity contribution in [3.8, 4) is 10.4 Å². The highest BCUT2D eigenvalue weighted by atomic mass is 32.1. The van der Waals surface area contributed by atoms with Crippen LogP contribution in [-0.2, 0) is 23.9 Å². The van der Waals surface area contributed by atoms with Crippen molar-refractivity contribution in [3.05, 3.63) is 51.5 Å². The monoisotopic (exact) mass is 752 g/mol. The molecule has 3 rings (SSSR count). The van der Waals surface area contributed by atoms with E-state index in [-0.39, 0.29) is 43.1 Å². The second-order valence-corrected chi connectivity index (χ2v) is 16.0. The zero-order valence-electron chi connectivity index (χ0n) is 32.3. The van der Waals surface area contributed by atoms with Crippen LogP contribution in [0, 0.1) is 12.3 Å². The van der Waals surface area contributed by atoms with Crippen LogP contribution in [0.4, 0.5) is 0 Å². The molecule has 4 atom stereocenters. The van der Waals surface area contributed by atoms with Crippen LogP contribution in [-0.4, -0.2) is 71.4 Å². The molecule has 0 radical (unpaired) electrons. The molecule has 14 heteroatoms. The molecular weight excluding hydrogens is 693 g/mol. The summed E-state index contributed by atoms with van der Waals surface area (Å²) in [4.78, 5) is 63.8. The lowest BCUT2D eigenvalue weighted by Crippen LogP contribution is -2.57. The summed E-state index contributed by atoms with van der Waals surface area (Å²) in [5.41, 5.74) is 18.1. The fourth-order valence-corrected chi connectivity index (χ4v) is 7.36. The zero-order valence-corrected chi connectivity index (χ0v) is 33.1. The third-order valence-electron chi connectivity index (χ3n) is 9.65. The van der Waals surface area contributed by atoms with Crippen LogP contribution in [0.2, 0.25) is 0 Å². The Labute approximate surface area is 318 Å². The Morgan fingerprint density at radius 1 is 1.00 bits per heavy atom. The van der Waals surface area contributed by atoms with Crippen molar-refractivity contribution in [2.75, 3.05) is 19.6 Å². The topological polar surface area (TPSA) is 192 Å². The molecule has 4 N–H and O–H groups in total. The van der Waals surface area contributed by atoms with Gasteiger partial charge in [0.1, 0.15) is 18.2 Å². The summed E-state index contributed by atoms with van der Waals surface area (Å²) in [6.07, 6.45) is 9.36. The number of unbranched alkanes of at least 4 members (excludes halogenated alkanes) is 8.